The van der Waals surface area contributed by atoms with Gasteiger partial charge in [-0.2, -0.15) is 0 Å². The van der Waals surface area contributed by atoms with E-state index in [1.165, 1.54) is 24.9 Å². The number of aryl methyl sites for hydroxylation is 1. The zero-order valence-corrected chi connectivity index (χ0v) is 16.2. The number of thiazole rings is 1. The standard InChI is InChI=1S/C21H27N3OS/c1-15-3-2-4-17(11-15)21-23-19(14-26-21)12-20(25)24-9-7-18(8-10-24)22-13-16-5-6-16/h2-4,11,14,16,18,22H,5-10,12-13H2,1H3. The van der Waals surface area contributed by atoms with Crippen LogP contribution in [-0.4, -0.2) is 41.5 Å². The van der Waals surface area contributed by atoms with Crippen LogP contribution in [0, 0.1) is 12.8 Å². The minimum Gasteiger partial charge on any atom is -0.342 e. The number of rotatable bonds is 6. The summed E-state index contributed by atoms with van der Waals surface area (Å²) < 4.78 is 0. The molecule has 1 aliphatic heterocycles. The molecule has 0 spiro atoms. The van der Waals surface area contributed by atoms with E-state index in [0.29, 0.717) is 12.5 Å². The van der Waals surface area contributed by atoms with Gasteiger partial charge in [-0.25, -0.2) is 4.98 Å². The summed E-state index contributed by atoms with van der Waals surface area (Å²) in [6, 6.07) is 8.95. The monoisotopic (exact) mass is 369 g/mol. The molecule has 1 aromatic heterocycles. The second-order valence-electron chi connectivity index (χ2n) is 7.70. The van der Waals surface area contributed by atoms with Gasteiger partial charge in [0.15, 0.2) is 0 Å². The van der Waals surface area contributed by atoms with Gasteiger partial charge in [-0.1, -0.05) is 23.8 Å². The molecular formula is C21H27N3OS. The Bertz CT molecular complexity index is 760. The first kappa shape index (κ1) is 17.7. The van der Waals surface area contributed by atoms with Crippen LogP contribution in [0.5, 0.6) is 0 Å². The van der Waals surface area contributed by atoms with Crippen LogP contribution in [0.2, 0.25) is 0 Å². The Hall–Kier alpha value is -1.72. The third-order valence-corrected chi connectivity index (χ3v) is 6.33. The Morgan fingerprint density at radius 1 is 1.27 bits per heavy atom. The molecule has 1 amide bonds. The van der Waals surface area contributed by atoms with Crippen molar-refractivity contribution in [3.05, 3.63) is 40.9 Å². The summed E-state index contributed by atoms with van der Waals surface area (Å²) in [6.45, 7) is 5.00. The molecule has 2 fully saturated rings. The molecule has 2 aliphatic rings. The van der Waals surface area contributed by atoms with Crippen LogP contribution in [0.1, 0.15) is 36.9 Å². The van der Waals surface area contributed by atoms with E-state index in [1.54, 1.807) is 11.3 Å². The summed E-state index contributed by atoms with van der Waals surface area (Å²) in [5, 5.41) is 6.70. The van der Waals surface area contributed by atoms with Gasteiger partial charge in [0, 0.05) is 30.1 Å². The lowest BCUT2D eigenvalue weighted by Gasteiger charge is -2.32. The second-order valence-corrected chi connectivity index (χ2v) is 8.56. The summed E-state index contributed by atoms with van der Waals surface area (Å²) in [6.07, 6.45) is 5.35. The molecule has 5 heteroatoms. The Balaban J connectivity index is 1.28. The first-order valence-electron chi connectivity index (χ1n) is 9.70. The maximum atomic E-state index is 12.6. The average molecular weight is 370 g/mol. The molecule has 1 saturated carbocycles. The predicted molar refractivity (Wildman–Crippen MR) is 106 cm³/mol. The zero-order valence-electron chi connectivity index (χ0n) is 15.4. The number of carbonyl (C=O) groups excluding carboxylic acids is 1. The van der Waals surface area contributed by atoms with E-state index in [9.17, 15) is 4.79 Å². The van der Waals surface area contributed by atoms with E-state index in [0.717, 1.165) is 48.1 Å². The molecule has 0 atom stereocenters. The molecule has 2 heterocycles. The molecular weight excluding hydrogens is 342 g/mol. The number of likely N-dealkylation sites (tertiary alicyclic amines) is 1. The first-order valence-corrected chi connectivity index (χ1v) is 10.6. The molecule has 1 aromatic carbocycles. The largest absolute Gasteiger partial charge is 0.342 e. The molecule has 1 saturated heterocycles. The van der Waals surface area contributed by atoms with E-state index in [1.807, 2.05) is 10.3 Å². The summed E-state index contributed by atoms with van der Waals surface area (Å²) >= 11 is 1.62. The summed E-state index contributed by atoms with van der Waals surface area (Å²) in [5.74, 6) is 1.13. The summed E-state index contributed by atoms with van der Waals surface area (Å²) in [7, 11) is 0. The highest BCUT2D eigenvalue weighted by atomic mass is 32.1. The maximum absolute atomic E-state index is 12.6. The number of nitrogens with zero attached hydrogens (tertiary/aromatic N) is 2. The van der Waals surface area contributed by atoms with E-state index < -0.39 is 0 Å². The molecule has 0 radical (unpaired) electrons. The van der Waals surface area contributed by atoms with E-state index in [4.69, 9.17) is 0 Å². The Morgan fingerprint density at radius 2 is 2.08 bits per heavy atom. The molecule has 138 valence electrons. The SMILES string of the molecule is Cc1cccc(-c2nc(CC(=O)N3CCC(NCC4CC4)CC3)cs2)c1. The Kier molecular flexibility index (Phi) is 5.36. The van der Waals surface area contributed by atoms with Gasteiger partial charge in [0.05, 0.1) is 12.1 Å². The molecule has 2 aromatic rings. The van der Waals surface area contributed by atoms with Crippen molar-refractivity contribution in [2.45, 2.75) is 45.1 Å². The van der Waals surface area contributed by atoms with Gasteiger partial charge >= 0.3 is 0 Å². The van der Waals surface area contributed by atoms with Gasteiger partial charge < -0.3 is 10.2 Å². The van der Waals surface area contributed by atoms with Crippen molar-refractivity contribution < 1.29 is 4.79 Å². The second kappa shape index (κ2) is 7.89. The van der Waals surface area contributed by atoms with Crippen molar-refractivity contribution in [1.29, 1.82) is 0 Å². The Labute approximate surface area is 159 Å². The van der Waals surface area contributed by atoms with E-state index >= 15 is 0 Å². The van der Waals surface area contributed by atoms with Crippen LogP contribution < -0.4 is 5.32 Å². The quantitative estimate of drug-likeness (QED) is 0.845. The van der Waals surface area contributed by atoms with E-state index in [2.05, 4.69) is 41.5 Å². The molecule has 1 N–H and O–H groups in total. The number of amides is 1. The lowest BCUT2D eigenvalue weighted by atomic mass is 10.0. The van der Waals surface area contributed by atoms with Crippen LogP contribution in [0.25, 0.3) is 10.6 Å². The number of nitrogens with one attached hydrogen (secondary N) is 1. The third-order valence-electron chi connectivity index (χ3n) is 5.39. The van der Waals surface area contributed by atoms with Crippen molar-refractivity contribution in [2.75, 3.05) is 19.6 Å². The number of piperidine rings is 1. The maximum Gasteiger partial charge on any atom is 0.228 e. The number of hydrogen-bond acceptors (Lipinski definition) is 4. The van der Waals surface area contributed by atoms with E-state index in [-0.39, 0.29) is 5.91 Å². The van der Waals surface area contributed by atoms with Crippen LogP contribution >= 0.6 is 11.3 Å². The smallest absolute Gasteiger partial charge is 0.228 e. The van der Waals surface area contributed by atoms with Crippen molar-refractivity contribution in [3.8, 4) is 10.6 Å². The van der Waals surface area contributed by atoms with Crippen molar-refractivity contribution in [3.63, 3.8) is 0 Å². The lowest BCUT2D eigenvalue weighted by Crippen LogP contribution is -2.45. The highest BCUT2D eigenvalue weighted by Crippen LogP contribution is 2.28. The minimum absolute atomic E-state index is 0.215. The van der Waals surface area contributed by atoms with Gasteiger partial charge in [-0.3, -0.25) is 4.79 Å². The fraction of sp³-hybridized carbons (Fsp3) is 0.524. The van der Waals surface area contributed by atoms with Gasteiger partial charge in [-0.05, 0) is 51.1 Å². The van der Waals surface area contributed by atoms with Crippen LogP contribution in [-0.2, 0) is 11.2 Å². The van der Waals surface area contributed by atoms with Gasteiger partial charge in [0.1, 0.15) is 5.01 Å². The van der Waals surface area contributed by atoms with Crippen molar-refractivity contribution in [2.24, 2.45) is 5.92 Å². The lowest BCUT2D eigenvalue weighted by molar-refractivity contribution is -0.131. The van der Waals surface area contributed by atoms with Crippen LogP contribution in [0.4, 0.5) is 0 Å². The third kappa shape index (κ3) is 4.51. The number of carbonyl (C=O) groups is 1. The molecule has 26 heavy (non-hydrogen) atoms. The van der Waals surface area contributed by atoms with Gasteiger partial charge in [0.2, 0.25) is 5.91 Å². The number of hydrogen-bond donors (Lipinski definition) is 1. The minimum atomic E-state index is 0.215. The van der Waals surface area contributed by atoms with Crippen LogP contribution in [0.3, 0.4) is 0 Å². The zero-order chi connectivity index (χ0) is 17.9. The molecule has 4 rings (SSSR count). The predicted octanol–water partition coefficient (Wildman–Crippen LogP) is 3.65. The number of benzene rings is 1. The number of aromatic nitrogens is 1. The van der Waals surface area contributed by atoms with Crippen LogP contribution in [0.15, 0.2) is 29.6 Å². The fourth-order valence-corrected chi connectivity index (χ4v) is 4.37. The molecule has 0 bridgehead atoms. The Morgan fingerprint density at radius 3 is 2.81 bits per heavy atom. The molecule has 0 unspecified atom stereocenters. The average Bonchev–Trinajstić information content (AvgIpc) is 3.37. The molecule has 1 aliphatic carbocycles. The normalized spacial score (nSPS) is 18.3. The van der Waals surface area contributed by atoms with Gasteiger partial charge in [-0.15, -0.1) is 11.3 Å². The fourth-order valence-electron chi connectivity index (χ4n) is 3.55. The molecule has 4 nitrogen and oxygen atoms in total. The summed E-state index contributed by atoms with van der Waals surface area (Å²) in [5.41, 5.74) is 3.26. The highest BCUT2D eigenvalue weighted by Gasteiger charge is 2.26. The van der Waals surface area contributed by atoms with Gasteiger partial charge in [0.25, 0.3) is 0 Å². The topological polar surface area (TPSA) is 45.2 Å². The van der Waals surface area contributed by atoms with Crippen molar-refractivity contribution in [1.82, 2.24) is 15.2 Å². The van der Waals surface area contributed by atoms with Crippen molar-refractivity contribution >= 4 is 17.2 Å². The first-order chi connectivity index (χ1) is 12.7. The highest BCUT2D eigenvalue weighted by molar-refractivity contribution is 7.13. The summed E-state index contributed by atoms with van der Waals surface area (Å²) in [4.78, 5) is 19.3.